The molecule has 2 aromatic rings. The highest BCUT2D eigenvalue weighted by Gasteiger charge is 2.65. The number of hydrogen-bond acceptors (Lipinski definition) is 4. The Morgan fingerprint density at radius 3 is 1.07 bits per heavy atom. The summed E-state index contributed by atoms with van der Waals surface area (Å²) in [6.07, 6.45) is -8.82. The summed E-state index contributed by atoms with van der Waals surface area (Å²) in [5, 5.41) is 12.6. The lowest BCUT2D eigenvalue weighted by atomic mass is 9.96. The number of nitrogens with zero attached hydrogens (tertiary/aromatic N) is 4. The zero-order valence-electron chi connectivity index (χ0n) is 13.4. The van der Waals surface area contributed by atoms with Crippen LogP contribution in [0.15, 0.2) is 69.0 Å². The van der Waals surface area contributed by atoms with Gasteiger partial charge in [0, 0.05) is 11.1 Å². The lowest BCUT2D eigenvalue weighted by Gasteiger charge is -2.15. The molecule has 2 aliphatic rings. The van der Waals surface area contributed by atoms with Gasteiger partial charge in [-0.3, -0.25) is 0 Å². The van der Waals surface area contributed by atoms with Crippen molar-refractivity contribution in [2.75, 3.05) is 0 Å². The summed E-state index contributed by atoms with van der Waals surface area (Å²) in [6, 6.07) is 11.3. The van der Waals surface area contributed by atoms with E-state index < -0.39 is 23.7 Å². The molecule has 0 spiro atoms. The Morgan fingerprint density at radius 2 is 0.852 bits per heavy atom. The van der Waals surface area contributed by atoms with Crippen molar-refractivity contribution in [2.45, 2.75) is 30.1 Å². The molecule has 0 amide bonds. The monoisotopic (exact) mass is 384 g/mol. The number of hydrogen-bond donors (Lipinski definition) is 0. The molecule has 140 valence electrons. The number of benzene rings is 2. The van der Waals surface area contributed by atoms with Crippen molar-refractivity contribution in [1.82, 2.24) is 0 Å². The van der Waals surface area contributed by atoms with Gasteiger partial charge in [-0.1, -0.05) is 48.5 Å². The summed E-state index contributed by atoms with van der Waals surface area (Å²) in [7, 11) is 0. The summed E-state index contributed by atoms with van der Waals surface area (Å²) >= 11 is 0. The summed E-state index contributed by atoms with van der Waals surface area (Å²) in [6.45, 7) is 0. The van der Waals surface area contributed by atoms with Crippen molar-refractivity contribution >= 4 is 0 Å². The minimum Gasteiger partial charge on any atom is -0.166 e. The van der Waals surface area contributed by atoms with Crippen LogP contribution in [0, 0.1) is 0 Å². The highest BCUT2D eigenvalue weighted by atomic mass is 19.4. The fourth-order valence-corrected chi connectivity index (χ4v) is 2.83. The smallest absolute Gasteiger partial charge is 0.166 e. The Kier molecular flexibility index (Phi) is 3.50. The predicted molar refractivity (Wildman–Crippen MR) is 80.9 cm³/mol. The van der Waals surface area contributed by atoms with E-state index >= 15 is 0 Å². The van der Waals surface area contributed by atoms with Gasteiger partial charge >= 0.3 is 23.7 Å². The molecule has 2 aliphatic heterocycles. The summed E-state index contributed by atoms with van der Waals surface area (Å²) < 4.78 is 77.8. The van der Waals surface area contributed by atoms with E-state index in [1.807, 2.05) is 0 Å². The lowest BCUT2D eigenvalue weighted by molar-refractivity contribution is -0.166. The van der Waals surface area contributed by atoms with Crippen molar-refractivity contribution in [3.05, 3.63) is 70.8 Å². The average molecular weight is 384 g/mol. The Labute approximate surface area is 148 Å². The maximum atomic E-state index is 13.0. The van der Waals surface area contributed by atoms with Crippen LogP contribution in [-0.4, -0.2) is 12.4 Å². The molecule has 4 rings (SSSR count). The van der Waals surface area contributed by atoms with Crippen molar-refractivity contribution < 1.29 is 26.3 Å². The van der Waals surface area contributed by atoms with E-state index in [-0.39, 0.29) is 11.1 Å². The second-order valence-corrected chi connectivity index (χ2v) is 6.31. The summed E-state index contributed by atoms with van der Waals surface area (Å²) in [5.41, 5.74) is -3.66. The molecule has 0 radical (unpaired) electrons. The average Bonchev–Trinajstić information content (AvgIpc) is 3.46. The number of alkyl halides is 6. The van der Waals surface area contributed by atoms with Crippen molar-refractivity contribution in [3.8, 4) is 0 Å². The van der Waals surface area contributed by atoms with Gasteiger partial charge in [-0.25, -0.2) is 0 Å². The first-order valence-electron chi connectivity index (χ1n) is 7.78. The normalized spacial score (nSPS) is 19.2. The topological polar surface area (TPSA) is 49.4 Å². The van der Waals surface area contributed by atoms with Crippen molar-refractivity contribution in [1.29, 1.82) is 0 Å². The van der Waals surface area contributed by atoms with E-state index in [9.17, 15) is 26.3 Å². The van der Waals surface area contributed by atoms with Gasteiger partial charge in [0.25, 0.3) is 0 Å². The van der Waals surface area contributed by atoms with Gasteiger partial charge in [-0.15, -0.1) is 20.5 Å². The zero-order valence-corrected chi connectivity index (χ0v) is 13.4. The SMILES string of the molecule is FC(F)(F)C1(c2ccc(Cc3ccc(C4(C(F)(F)F)N=N4)cc3)cc2)N=N1. The van der Waals surface area contributed by atoms with E-state index in [0.717, 1.165) is 0 Å². The minimum atomic E-state index is -4.59. The van der Waals surface area contributed by atoms with Gasteiger partial charge in [0.1, 0.15) is 0 Å². The third-order valence-electron chi connectivity index (χ3n) is 4.51. The molecule has 4 nitrogen and oxygen atoms in total. The molecule has 2 heterocycles. The molecule has 2 aromatic carbocycles. The van der Waals surface area contributed by atoms with Crippen LogP contribution in [0.5, 0.6) is 0 Å². The van der Waals surface area contributed by atoms with Crippen LogP contribution in [0.25, 0.3) is 0 Å². The standard InChI is InChI=1S/C17H10F6N4/c18-16(19,20)14(24-25-14)12-5-1-10(2-6-12)9-11-3-7-13(8-4-11)15(26-27-15)17(21,22)23/h1-8H,9H2. The molecule has 0 saturated carbocycles. The molecule has 0 aromatic heterocycles. The van der Waals surface area contributed by atoms with Gasteiger partial charge in [-0.05, 0) is 17.5 Å². The van der Waals surface area contributed by atoms with Crippen molar-refractivity contribution in [2.24, 2.45) is 20.5 Å². The molecule has 0 N–H and O–H groups in total. The Bertz CT molecular complexity index is 836. The van der Waals surface area contributed by atoms with Gasteiger partial charge in [0.2, 0.25) is 0 Å². The first-order valence-corrected chi connectivity index (χ1v) is 7.78. The maximum Gasteiger partial charge on any atom is 0.442 e. The van der Waals surface area contributed by atoms with Crippen LogP contribution in [0.3, 0.4) is 0 Å². The van der Waals surface area contributed by atoms with Crippen LogP contribution in [0.1, 0.15) is 22.3 Å². The quantitative estimate of drug-likeness (QED) is 0.613. The molecule has 0 atom stereocenters. The van der Waals surface area contributed by atoms with Crippen LogP contribution in [-0.2, 0) is 17.7 Å². The summed E-state index contributed by atoms with van der Waals surface area (Å²) in [5.74, 6) is 0. The fourth-order valence-electron chi connectivity index (χ4n) is 2.83. The second-order valence-electron chi connectivity index (χ2n) is 6.31. The van der Waals surface area contributed by atoms with Crippen molar-refractivity contribution in [3.63, 3.8) is 0 Å². The molecular weight excluding hydrogens is 374 g/mol. The minimum absolute atomic E-state index is 0.0711. The summed E-state index contributed by atoms with van der Waals surface area (Å²) in [4.78, 5) is 0. The van der Waals surface area contributed by atoms with E-state index in [1.165, 1.54) is 48.5 Å². The Morgan fingerprint density at radius 1 is 0.556 bits per heavy atom. The van der Waals surface area contributed by atoms with E-state index in [0.29, 0.717) is 17.5 Å². The number of rotatable bonds is 4. The highest BCUT2D eigenvalue weighted by Crippen LogP contribution is 2.53. The van der Waals surface area contributed by atoms with Crippen LogP contribution >= 0.6 is 0 Å². The zero-order chi connectivity index (χ0) is 19.5. The molecule has 27 heavy (non-hydrogen) atoms. The second kappa shape index (κ2) is 5.37. The largest absolute Gasteiger partial charge is 0.442 e. The van der Waals surface area contributed by atoms with Gasteiger partial charge in [0.15, 0.2) is 0 Å². The van der Waals surface area contributed by atoms with Gasteiger partial charge in [-0.2, -0.15) is 26.3 Å². The first-order chi connectivity index (χ1) is 12.6. The molecule has 10 heteroatoms. The van der Waals surface area contributed by atoms with E-state index in [2.05, 4.69) is 20.5 Å². The molecule has 0 fully saturated rings. The van der Waals surface area contributed by atoms with Gasteiger partial charge in [0.05, 0.1) is 0 Å². The molecule has 0 aliphatic carbocycles. The Balaban J connectivity index is 1.48. The lowest BCUT2D eigenvalue weighted by Crippen LogP contribution is -2.30. The van der Waals surface area contributed by atoms with Crippen LogP contribution in [0.4, 0.5) is 26.3 Å². The highest BCUT2D eigenvalue weighted by molar-refractivity contribution is 5.37. The van der Waals surface area contributed by atoms with Gasteiger partial charge < -0.3 is 0 Å². The van der Waals surface area contributed by atoms with Crippen LogP contribution in [0.2, 0.25) is 0 Å². The first kappa shape index (κ1) is 17.6. The van der Waals surface area contributed by atoms with Crippen LogP contribution < -0.4 is 0 Å². The number of halogens is 6. The molecule has 0 unspecified atom stereocenters. The van der Waals surface area contributed by atoms with E-state index in [4.69, 9.17) is 0 Å². The fraction of sp³-hybridized carbons (Fsp3) is 0.294. The third-order valence-corrected chi connectivity index (χ3v) is 4.51. The Hall–Kier alpha value is -2.78. The third kappa shape index (κ3) is 2.79. The molecule has 0 saturated heterocycles. The predicted octanol–water partition coefficient (Wildman–Crippen LogP) is 5.64. The maximum absolute atomic E-state index is 13.0. The molecular formula is C17H10F6N4. The molecule has 0 bridgehead atoms. The van der Waals surface area contributed by atoms with E-state index in [1.54, 1.807) is 0 Å².